The lowest BCUT2D eigenvalue weighted by molar-refractivity contribution is -0.137. The third-order valence-electron chi connectivity index (χ3n) is 8.39. The lowest BCUT2D eigenvalue weighted by Gasteiger charge is -2.58. The van der Waals surface area contributed by atoms with E-state index in [1.807, 2.05) is 0 Å². The summed E-state index contributed by atoms with van der Waals surface area (Å²) in [7, 11) is 0. The predicted molar refractivity (Wildman–Crippen MR) is 115 cm³/mol. The van der Waals surface area contributed by atoms with Crippen LogP contribution >= 0.6 is 24.4 Å². The predicted octanol–water partition coefficient (Wildman–Crippen LogP) is 6.29. The monoisotopic (exact) mass is 398 g/mol. The summed E-state index contributed by atoms with van der Waals surface area (Å²) >= 11 is 7.55. The molecule has 0 aromatic rings. The highest BCUT2D eigenvalue weighted by atomic mass is 32.2. The summed E-state index contributed by atoms with van der Waals surface area (Å²) in [6, 6.07) is 0. The Hall–Kier alpha value is 0.170. The van der Waals surface area contributed by atoms with Crippen LogP contribution in [0.3, 0.4) is 0 Å². The van der Waals surface area contributed by atoms with Gasteiger partial charge in [-0.25, -0.2) is 0 Å². The number of rotatable bonds is 7. The van der Waals surface area contributed by atoms with Crippen LogP contribution < -0.4 is 0 Å². The zero-order chi connectivity index (χ0) is 18.9. The van der Waals surface area contributed by atoms with Gasteiger partial charge in [-0.15, -0.1) is 0 Å². The van der Waals surface area contributed by atoms with E-state index in [-0.39, 0.29) is 4.75 Å². The molecule has 0 amide bonds. The molecule has 2 aliphatic carbocycles. The molecule has 2 saturated carbocycles. The summed E-state index contributed by atoms with van der Waals surface area (Å²) < 4.78 is 0.215. The van der Waals surface area contributed by atoms with Gasteiger partial charge in [0, 0.05) is 16.4 Å². The van der Waals surface area contributed by atoms with Gasteiger partial charge in [0.05, 0.1) is 0 Å². The molecule has 1 aliphatic heterocycles. The molecule has 0 aromatic carbocycles. The quantitative estimate of drug-likeness (QED) is 0.495. The second kappa shape index (κ2) is 8.27. The number of carboxylic acid groups (broad SMARTS) is 1. The number of thioether (sulfide) groups is 1. The molecule has 150 valence electrons. The molecule has 2 nitrogen and oxygen atoms in total. The number of carbonyl (C=O) groups is 1. The summed E-state index contributed by atoms with van der Waals surface area (Å²) in [6.07, 6.45) is 11.5. The molecule has 1 heterocycles. The summed E-state index contributed by atoms with van der Waals surface area (Å²) in [6.45, 7) is 7.26. The molecule has 0 radical (unpaired) electrons. The van der Waals surface area contributed by atoms with E-state index < -0.39 is 5.97 Å². The third-order valence-corrected chi connectivity index (χ3v) is 11.0. The van der Waals surface area contributed by atoms with Crippen molar-refractivity contribution >= 4 is 30.4 Å². The summed E-state index contributed by atoms with van der Waals surface area (Å²) in [4.78, 5) is 10.9. The standard InChI is InChI=1S/C22H38O2S2/c1-4-5-12-22(25)15(2)26-14-17-18-10-9-16(7-6-8-20(23)24)21(18,3)13-11-19(17)22/h15-19,25H,4-14H2,1-3H3,(H,23,24). The molecule has 7 unspecified atom stereocenters. The Balaban J connectivity index is 1.72. The van der Waals surface area contributed by atoms with Gasteiger partial charge in [0.15, 0.2) is 0 Å². The fourth-order valence-electron chi connectivity index (χ4n) is 6.77. The lowest BCUT2D eigenvalue weighted by atomic mass is 9.55. The van der Waals surface area contributed by atoms with Gasteiger partial charge >= 0.3 is 5.97 Å². The number of hydrogen-bond donors (Lipinski definition) is 2. The Bertz CT molecular complexity index is 510. The normalized spacial score (nSPS) is 45.2. The fraction of sp³-hybridized carbons (Fsp3) is 0.955. The van der Waals surface area contributed by atoms with Gasteiger partial charge in [-0.05, 0) is 79.8 Å². The molecular weight excluding hydrogens is 360 g/mol. The molecule has 3 fully saturated rings. The maximum atomic E-state index is 10.9. The van der Waals surface area contributed by atoms with Crippen LogP contribution in [0.25, 0.3) is 0 Å². The minimum Gasteiger partial charge on any atom is -0.481 e. The minimum absolute atomic E-state index is 0.215. The van der Waals surface area contributed by atoms with Gasteiger partial charge in [0.25, 0.3) is 0 Å². The average molecular weight is 399 g/mol. The fourth-order valence-corrected chi connectivity index (χ4v) is 9.03. The van der Waals surface area contributed by atoms with Gasteiger partial charge in [-0.1, -0.05) is 33.6 Å². The second-order valence-electron chi connectivity index (χ2n) is 9.55. The molecule has 7 atom stereocenters. The van der Waals surface area contributed by atoms with Crippen molar-refractivity contribution in [1.82, 2.24) is 0 Å². The summed E-state index contributed by atoms with van der Waals surface area (Å²) in [5.74, 6) is 3.87. The number of aliphatic carboxylic acids is 1. The molecule has 1 saturated heterocycles. The molecule has 3 aliphatic rings. The molecule has 3 rings (SSSR count). The Morgan fingerprint density at radius 1 is 1.23 bits per heavy atom. The van der Waals surface area contributed by atoms with E-state index in [0.717, 1.165) is 36.5 Å². The first-order valence-corrected chi connectivity index (χ1v) is 12.4. The van der Waals surface area contributed by atoms with Crippen LogP contribution in [0.2, 0.25) is 0 Å². The molecule has 4 heteroatoms. The van der Waals surface area contributed by atoms with E-state index in [2.05, 4.69) is 32.5 Å². The molecular formula is C22H38O2S2. The van der Waals surface area contributed by atoms with Gasteiger partial charge in [-0.3, -0.25) is 4.79 Å². The van der Waals surface area contributed by atoms with Crippen molar-refractivity contribution in [2.45, 2.75) is 95.0 Å². The zero-order valence-corrected chi connectivity index (χ0v) is 18.6. The molecule has 0 bridgehead atoms. The van der Waals surface area contributed by atoms with E-state index in [1.54, 1.807) is 0 Å². The van der Waals surface area contributed by atoms with E-state index in [9.17, 15) is 4.79 Å². The van der Waals surface area contributed by atoms with Crippen LogP contribution in [0.5, 0.6) is 0 Å². The minimum atomic E-state index is -0.637. The van der Waals surface area contributed by atoms with Crippen molar-refractivity contribution < 1.29 is 9.90 Å². The SMILES string of the molecule is CCCCC1(S)C(C)SCC2C3CCC(CCCC(=O)O)C3(C)CCC21. The Morgan fingerprint density at radius 2 is 2.00 bits per heavy atom. The highest BCUT2D eigenvalue weighted by molar-refractivity contribution is 8.00. The van der Waals surface area contributed by atoms with Crippen LogP contribution in [0.4, 0.5) is 0 Å². The Morgan fingerprint density at radius 3 is 2.69 bits per heavy atom. The van der Waals surface area contributed by atoms with Crippen molar-refractivity contribution in [2.24, 2.45) is 29.1 Å². The lowest BCUT2D eigenvalue weighted by Crippen LogP contribution is -2.55. The van der Waals surface area contributed by atoms with Gasteiger partial charge < -0.3 is 5.11 Å². The smallest absolute Gasteiger partial charge is 0.303 e. The molecule has 1 N–H and O–H groups in total. The van der Waals surface area contributed by atoms with E-state index >= 15 is 0 Å². The average Bonchev–Trinajstić information content (AvgIpc) is 2.93. The number of fused-ring (bicyclic) bond motifs is 3. The van der Waals surface area contributed by atoms with Crippen LogP contribution in [0, 0.1) is 29.1 Å². The topological polar surface area (TPSA) is 37.3 Å². The first-order chi connectivity index (χ1) is 12.3. The first-order valence-electron chi connectivity index (χ1n) is 10.9. The highest BCUT2D eigenvalue weighted by Gasteiger charge is 2.59. The summed E-state index contributed by atoms with van der Waals surface area (Å²) in [5, 5.41) is 9.64. The van der Waals surface area contributed by atoms with Crippen LogP contribution in [-0.4, -0.2) is 26.8 Å². The van der Waals surface area contributed by atoms with Crippen molar-refractivity contribution in [3.05, 3.63) is 0 Å². The van der Waals surface area contributed by atoms with E-state index in [0.29, 0.717) is 17.1 Å². The van der Waals surface area contributed by atoms with Gasteiger partial charge in [-0.2, -0.15) is 24.4 Å². The Kier molecular flexibility index (Phi) is 6.64. The second-order valence-corrected chi connectivity index (χ2v) is 11.8. The van der Waals surface area contributed by atoms with E-state index in [4.69, 9.17) is 17.7 Å². The van der Waals surface area contributed by atoms with Crippen LogP contribution in [-0.2, 0) is 4.79 Å². The Labute approximate surface area is 170 Å². The van der Waals surface area contributed by atoms with Crippen LogP contribution in [0.15, 0.2) is 0 Å². The van der Waals surface area contributed by atoms with Crippen LogP contribution in [0.1, 0.15) is 85.0 Å². The van der Waals surface area contributed by atoms with Crippen molar-refractivity contribution in [2.75, 3.05) is 5.75 Å². The third kappa shape index (κ3) is 3.71. The molecule has 26 heavy (non-hydrogen) atoms. The van der Waals surface area contributed by atoms with Crippen molar-refractivity contribution in [3.63, 3.8) is 0 Å². The number of thiol groups is 1. The molecule has 0 spiro atoms. The maximum absolute atomic E-state index is 10.9. The largest absolute Gasteiger partial charge is 0.481 e. The maximum Gasteiger partial charge on any atom is 0.303 e. The first kappa shape index (κ1) is 20.9. The number of hydrogen-bond acceptors (Lipinski definition) is 3. The number of carboxylic acids is 1. The van der Waals surface area contributed by atoms with Gasteiger partial charge in [0.2, 0.25) is 0 Å². The number of unbranched alkanes of at least 4 members (excludes halogenated alkanes) is 1. The van der Waals surface area contributed by atoms with E-state index in [1.165, 1.54) is 50.7 Å². The highest BCUT2D eigenvalue weighted by Crippen LogP contribution is 2.65. The molecule has 0 aromatic heterocycles. The van der Waals surface area contributed by atoms with Crippen molar-refractivity contribution in [3.8, 4) is 0 Å². The van der Waals surface area contributed by atoms with Gasteiger partial charge in [0.1, 0.15) is 0 Å². The zero-order valence-electron chi connectivity index (χ0n) is 16.9. The summed E-state index contributed by atoms with van der Waals surface area (Å²) in [5.41, 5.74) is 0.445. The van der Waals surface area contributed by atoms with Crippen molar-refractivity contribution in [1.29, 1.82) is 0 Å².